The molecule has 0 fully saturated rings. The molecule has 2 aromatic carbocycles. The molecule has 6 nitrogen and oxygen atoms in total. The quantitative estimate of drug-likeness (QED) is 0.745. The summed E-state index contributed by atoms with van der Waals surface area (Å²) in [6, 6.07) is 14.9. The van der Waals surface area contributed by atoms with E-state index in [1.807, 2.05) is 30.3 Å². The number of benzene rings is 2. The molecule has 0 aliphatic carbocycles. The number of halogens is 1. The van der Waals surface area contributed by atoms with Crippen LogP contribution in [0.1, 0.15) is 23.7 Å². The van der Waals surface area contributed by atoms with Crippen LogP contribution >= 0.6 is 15.9 Å². The molecule has 0 aromatic heterocycles. The lowest BCUT2D eigenvalue weighted by Crippen LogP contribution is -2.19. The maximum absolute atomic E-state index is 12.1. The van der Waals surface area contributed by atoms with E-state index in [0.29, 0.717) is 17.6 Å². The molecular weight excluding hydrogens is 406 g/mol. The Morgan fingerprint density at radius 3 is 2.64 bits per heavy atom. The highest BCUT2D eigenvalue weighted by atomic mass is 79.9. The van der Waals surface area contributed by atoms with Crippen LogP contribution in [0.4, 0.5) is 5.69 Å². The van der Waals surface area contributed by atoms with E-state index in [1.54, 1.807) is 18.2 Å². The molecular formula is C17H18BrN3O3S. The zero-order chi connectivity index (χ0) is 17.9. The van der Waals surface area contributed by atoms with Crippen molar-refractivity contribution in [2.75, 3.05) is 12.4 Å². The summed E-state index contributed by atoms with van der Waals surface area (Å²) in [6.45, 7) is 0.626. The second kappa shape index (κ2) is 7.55. The molecule has 8 heteroatoms. The van der Waals surface area contributed by atoms with Gasteiger partial charge in [-0.3, -0.25) is 0 Å². The van der Waals surface area contributed by atoms with Crippen molar-refractivity contribution in [3.8, 4) is 0 Å². The summed E-state index contributed by atoms with van der Waals surface area (Å²) >= 11 is 3.32. The molecule has 1 unspecified atom stereocenters. The third kappa shape index (κ3) is 4.20. The topological polar surface area (TPSA) is 79.8 Å². The average molecular weight is 424 g/mol. The highest BCUT2D eigenvalue weighted by Gasteiger charge is 2.26. The number of hydrogen-bond acceptors (Lipinski definition) is 5. The fourth-order valence-corrected chi connectivity index (χ4v) is 3.70. The first-order chi connectivity index (χ1) is 12.0. The van der Waals surface area contributed by atoms with E-state index >= 15 is 0 Å². The van der Waals surface area contributed by atoms with Gasteiger partial charge in [-0.15, -0.1) is 0 Å². The largest absolute Gasteiger partial charge is 0.386 e. The maximum Gasteiger partial charge on any atom is 0.240 e. The van der Waals surface area contributed by atoms with Gasteiger partial charge in [-0.2, -0.15) is 0 Å². The van der Waals surface area contributed by atoms with E-state index in [4.69, 9.17) is 4.84 Å². The van der Waals surface area contributed by atoms with Gasteiger partial charge >= 0.3 is 0 Å². The Morgan fingerprint density at radius 2 is 2.00 bits per heavy atom. The van der Waals surface area contributed by atoms with E-state index in [-0.39, 0.29) is 11.0 Å². The smallest absolute Gasteiger partial charge is 0.240 e. The molecule has 2 aromatic rings. The van der Waals surface area contributed by atoms with E-state index in [9.17, 15) is 8.42 Å². The zero-order valence-corrected chi connectivity index (χ0v) is 16.0. The van der Waals surface area contributed by atoms with Crippen LogP contribution in [0.2, 0.25) is 0 Å². The summed E-state index contributed by atoms with van der Waals surface area (Å²) in [5.41, 5.74) is 2.71. The summed E-state index contributed by atoms with van der Waals surface area (Å²) in [4.78, 5) is 5.63. The first-order valence-electron chi connectivity index (χ1n) is 7.73. The average Bonchev–Trinajstić information content (AvgIpc) is 3.07. The van der Waals surface area contributed by atoms with Crippen LogP contribution in [0, 0.1) is 0 Å². The Kier molecular flexibility index (Phi) is 5.41. The van der Waals surface area contributed by atoms with E-state index in [1.165, 1.54) is 7.05 Å². The minimum Gasteiger partial charge on any atom is -0.386 e. The van der Waals surface area contributed by atoms with Crippen LogP contribution in [0.15, 0.2) is 58.6 Å². The van der Waals surface area contributed by atoms with Crippen molar-refractivity contribution >= 4 is 36.3 Å². The molecule has 0 saturated carbocycles. The Hall–Kier alpha value is -1.90. The standard InChI is InChI=1S/C17H18BrN3O3S/c1-19-25(22,23)13-7-8-15(20-11-12-5-3-2-4-6-12)14(9-13)16-10-17(18)21-24-16/h2-9,16,19-20H,10-11H2,1H3. The zero-order valence-electron chi connectivity index (χ0n) is 13.6. The fraction of sp³-hybridized carbons (Fsp3) is 0.235. The first-order valence-corrected chi connectivity index (χ1v) is 10.0. The number of sulfonamides is 1. The lowest BCUT2D eigenvalue weighted by atomic mass is 10.0. The molecule has 0 amide bonds. The van der Waals surface area contributed by atoms with E-state index in [0.717, 1.165) is 16.8 Å². The Morgan fingerprint density at radius 1 is 1.24 bits per heavy atom. The molecule has 25 heavy (non-hydrogen) atoms. The van der Waals surface area contributed by atoms with Crippen LogP contribution in [-0.4, -0.2) is 20.1 Å². The van der Waals surface area contributed by atoms with Crippen LogP contribution in [0.5, 0.6) is 0 Å². The Balaban J connectivity index is 1.91. The van der Waals surface area contributed by atoms with Crippen molar-refractivity contribution in [2.45, 2.75) is 24.0 Å². The first kappa shape index (κ1) is 17.9. The predicted molar refractivity (Wildman–Crippen MR) is 101 cm³/mol. The molecule has 132 valence electrons. The van der Waals surface area contributed by atoms with Crippen molar-refractivity contribution < 1.29 is 13.3 Å². The van der Waals surface area contributed by atoms with Gasteiger partial charge in [0.1, 0.15) is 4.62 Å². The molecule has 0 saturated heterocycles. The minimum atomic E-state index is -3.53. The summed E-state index contributed by atoms with van der Waals surface area (Å²) in [7, 11) is -2.14. The van der Waals surface area contributed by atoms with Crippen LogP contribution in [0.3, 0.4) is 0 Å². The summed E-state index contributed by atoms with van der Waals surface area (Å²) in [5.74, 6) is 0. The van der Waals surface area contributed by atoms with Crippen LogP contribution in [-0.2, 0) is 21.4 Å². The minimum absolute atomic E-state index is 0.196. The number of oxime groups is 1. The molecule has 1 heterocycles. The molecule has 1 aliphatic heterocycles. The van der Waals surface area contributed by atoms with Gasteiger partial charge in [-0.25, -0.2) is 13.1 Å². The number of rotatable bonds is 6. The SMILES string of the molecule is CNS(=O)(=O)c1ccc(NCc2ccccc2)c(C2CC(Br)=NO2)c1. The van der Waals surface area contributed by atoms with E-state index < -0.39 is 10.0 Å². The maximum atomic E-state index is 12.1. The van der Waals surface area contributed by atoms with Gasteiger partial charge in [0.25, 0.3) is 0 Å². The van der Waals surface area contributed by atoms with Gasteiger partial charge in [0.2, 0.25) is 10.0 Å². The van der Waals surface area contributed by atoms with Crippen molar-refractivity contribution in [1.29, 1.82) is 0 Å². The van der Waals surface area contributed by atoms with Crippen molar-refractivity contribution in [3.05, 3.63) is 59.7 Å². The van der Waals surface area contributed by atoms with Gasteiger partial charge in [-0.05, 0) is 46.7 Å². The molecule has 0 radical (unpaired) electrons. The summed E-state index contributed by atoms with van der Waals surface area (Å²) < 4.78 is 27.3. The van der Waals surface area contributed by atoms with Gasteiger partial charge in [0.05, 0.1) is 4.90 Å². The molecule has 1 aliphatic rings. The molecule has 3 rings (SSSR count). The third-order valence-electron chi connectivity index (χ3n) is 3.91. The molecule has 2 N–H and O–H groups in total. The van der Waals surface area contributed by atoms with Gasteiger partial charge in [-0.1, -0.05) is 35.5 Å². The second-order valence-electron chi connectivity index (χ2n) is 5.56. The number of nitrogens with one attached hydrogen (secondary N) is 2. The van der Waals surface area contributed by atoms with Crippen molar-refractivity contribution in [2.24, 2.45) is 5.16 Å². The van der Waals surface area contributed by atoms with Gasteiger partial charge in [0.15, 0.2) is 6.10 Å². The summed E-state index contributed by atoms with van der Waals surface area (Å²) in [6.07, 6.45) is 0.225. The van der Waals surface area contributed by atoms with Gasteiger partial charge in [0, 0.05) is 24.2 Å². The van der Waals surface area contributed by atoms with Gasteiger partial charge < -0.3 is 10.2 Å². The number of anilines is 1. The number of hydrogen-bond donors (Lipinski definition) is 2. The Labute approximate surface area is 155 Å². The highest BCUT2D eigenvalue weighted by molar-refractivity contribution is 9.18. The van der Waals surface area contributed by atoms with Crippen LogP contribution in [0.25, 0.3) is 0 Å². The normalized spacial score (nSPS) is 17.0. The van der Waals surface area contributed by atoms with Crippen molar-refractivity contribution in [1.82, 2.24) is 4.72 Å². The number of nitrogens with zero attached hydrogens (tertiary/aromatic N) is 1. The Bertz CT molecular complexity index is 885. The second-order valence-corrected chi connectivity index (χ2v) is 8.36. The molecule has 0 bridgehead atoms. The molecule has 1 atom stereocenters. The highest BCUT2D eigenvalue weighted by Crippen LogP contribution is 2.35. The molecule has 0 spiro atoms. The van der Waals surface area contributed by atoms with E-state index in [2.05, 4.69) is 31.1 Å². The van der Waals surface area contributed by atoms with Crippen molar-refractivity contribution in [3.63, 3.8) is 0 Å². The predicted octanol–water partition coefficient (Wildman–Crippen LogP) is 3.38. The lowest BCUT2D eigenvalue weighted by molar-refractivity contribution is 0.0861. The fourth-order valence-electron chi connectivity index (χ4n) is 2.56. The summed E-state index contributed by atoms with van der Waals surface area (Å²) in [5, 5.41) is 7.26. The monoisotopic (exact) mass is 423 g/mol. The lowest BCUT2D eigenvalue weighted by Gasteiger charge is -2.17. The van der Waals surface area contributed by atoms with Crippen LogP contribution < -0.4 is 10.0 Å². The third-order valence-corrected chi connectivity index (χ3v) is 5.79.